The van der Waals surface area contributed by atoms with Gasteiger partial charge in [0.25, 0.3) is 0 Å². The van der Waals surface area contributed by atoms with Gasteiger partial charge in [0, 0.05) is 25.8 Å². The number of hydrogen-bond acceptors (Lipinski definition) is 1. The van der Waals surface area contributed by atoms with Crippen molar-refractivity contribution in [3.05, 3.63) is 61.4 Å². The Morgan fingerprint density at radius 3 is 2.56 bits per heavy atom. The molecule has 2 rings (SSSR count). The van der Waals surface area contributed by atoms with E-state index in [1.165, 1.54) is 12.1 Å². The smallest absolute Gasteiger partial charge is 0.124 e. The number of rotatable bonds is 3. The molecule has 0 aliphatic carbocycles. The number of hydrogen-bond donors (Lipinski definition) is 1. The van der Waals surface area contributed by atoms with Crippen LogP contribution in [0.25, 0.3) is 0 Å². The average Bonchev–Trinajstić information content (AvgIpc) is 2.30. The zero-order valence-electron chi connectivity index (χ0n) is 9.18. The molecule has 0 saturated heterocycles. The van der Waals surface area contributed by atoms with Gasteiger partial charge < -0.3 is 5.32 Å². The lowest BCUT2D eigenvalue weighted by molar-refractivity contribution is 0.627. The Morgan fingerprint density at radius 1 is 1.11 bits per heavy atom. The van der Waals surface area contributed by atoms with Gasteiger partial charge in [-0.05, 0) is 58.5 Å². The third kappa shape index (κ3) is 3.49. The number of anilines is 1. The van der Waals surface area contributed by atoms with E-state index in [0.717, 1.165) is 14.8 Å². The highest BCUT2D eigenvalue weighted by Crippen LogP contribution is 2.24. The first-order valence-electron chi connectivity index (χ1n) is 5.19. The number of halogens is 4. The Bertz CT molecular complexity index is 523. The number of benzene rings is 2. The van der Waals surface area contributed by atoms with Crippen LogP contribution in [0.5, 0.6) is 0 Å². The van der Waals surface area contributed by atoms with Gasteiger partial charge in [-0.15, -0.1) is 0 Å². The predicted molar refractivity (Wildman–Crippen MR) is 82.9 cm³/mol. The molecule has 1 nitrogen and oxygen atoms in total. The van der Waals surface area contributed by atoms with Gasteiger partial charge in [0.15, 0.2) is 0 Å². The lowest BCUT2D eigenvalue weighted by Gasteiger charge is -2.10. The second kappa shape index (κ2) is 6.08. The van der Waals surface area contributed by atoms with Crippen molar-refractivity contribution >= 4 is 51.5 Å². The van der Waals surface area contributed by atoms with E-state index in [1.807, 2.05) is 18.2 Å². The summed E-state index contributed by atoms with van der Waals surface area (Å²) in [7, 11) is 0. The van der Waals surface area contributed by atoms with Crippen LogP contribution in [0.3, 0.4) is 0 Å². The molecule has 0 unspecified atom stereocenters. The average molecular weight is 396 g/mol. The van der Waals surface area contributed by atoms with E-state index in [-0.39, 0.29) is 5.82 Å². The highest BCUT2D eigenvalue weighted by Gasteiger charge is 2.04. The normalized spacial score (nSPS) is 10.4. The quantitative estimate of drug-likeness (QED) is 0.690. The van der Waals surface area contributed by atoms with Crippen LogP contribution in [0.2, 0.25) is 10.0 Å². The van der Waals surface area contributed by atoms with E-state index in [2.05, 4.69) is 27.9 Å². The molecule has 0 radical (unpaired) electrons. The summed E-state index contributed by atoms with van der Waals surface area (Å²) in [5, 5.41) is 4.37. The zero-order chi connectivity index (χ0) is 13.1. The van der Waals surface area contributed by atoms with Crippen molar-refractivity contribution < 1.29 is 4.39 Å². The van der Waals surface area contributed by atoms with Crippen LogP contribution in [0.4, 0.5) is 10.1 Å². The molecule has 0 atom stereocenters. The fourth-order valence-electron chi connectivity index (χ4n) is 1.49. The number of nitrogens with one attached hydrogen (secondary N) is 1. The molecule has 1 N–H and O–H groups in total. The van der Waals surface area contributed by atoms with Crippen LogP contribution in [0.15, 0.2) is 36.4 Å². The molecule has 0 aromatic heterocycles. The highest BCUT2D eigenvalue weighted by atomic mass is 127. The summed E-state index contributed by atoms with van der Waals surface area (Å²) in [4.78, 5) is 0. The SMILES string of the molecule is Fc1ccc(CNc2ccc(Cl)cc2I)c(Cl)c1. The van der Waals surface area contributed by atoms with Crippen molar-refractivity contribution in [1.82, 2.24) is 0 Å². The van der Waals surface area contributed by atoms with Crippen LogP contribution < -0.4 is 5.32 Å². The summed E-state index contributed by atoms with van der Waals surface area (Å²) in [6.45, 7) is 0.538. The standard InChI is InChI=1S/C13H9Cl2FIN/c14-9-2-4-13(12(17)5-9)18-7-8-1-3-10(16)6-11(8)15/h1-6,18H,7H2. The van der Waals surface area contributed by atoms with Gasteiger partial charge in [-0.25, -0.2) is 4.39 Å². The van der Waals surface area contributed by atoms with Crippen molar-refractivity contribution in [2.24, 2.45) is 0 Å². The molecule has 0 heterocycles. The minimum atomic E-state index is -0.329. The third-order valence-corrected chi connectivity index (χ3v) is 3.89. The first kappa shape index (κ1) is 13.9. The molecule has 18 heavy (non-hydrogen) atoms. The summed E-state index contributed by atoms with van der Waals surface area (Å²) in [5.74, 6) is -0.329. The summed E-state index contributed by atoms with van der Waals surface area (Å²) < 4.78 is 13.9. The van der Waals surface area contributed by atoms with Gasteiger partial charge >= 0.3 is 0 Å². The fourth-order valence-corrected chi connectivity index (χ4v) is 2.78. The van der Waals surface area contributed by atoms with Gasteiger partial charge in [0.1, 0.15) is 5.82 Å². The predicted octanol–water partition coefficient (Wildman–Crippen LogP) is 5.35. The minimum absolute atomic E-state index is 0.329. The van der Waals surface area contributed by atoms with Gasteiger partial charge in [-0.1, -0.05) is 29.3 Å². The topological polar surface area (TPSA) is 12.0 Å². The first-order valence-corrected chi connectivity index (χ1v) is 7.02. The van der Waals surface area contributed by atoms with E-state index in [1.54, 1.807) is 6.07 Å². The van der Waals surface area contributed by atoms with Crippen molar-refractivity contribution in [2.75, 3.05) is 5.32 Å². The summed E-state index contributed by atoms with van der Waals surface area (Å²) in [5.41, 5.74) is 1.82. The highest BCUT2D eigenvalue weighted by molar-refractivity contribution is 14.1. The Morgan fingerprint density at radius 2 is 1.89 bits per heavy atom. The maximum atomic E-state index is 12.9. The van der Waals surface area contributed by atoms with E-state index in [9.17, 15) is 4.39 Å². The Labute approximate surface area is 128 Å². The van der Waals surface area contributed by atoms with Crippen molar-refractivity contribution in [3.8, 4) is 0 Å². The molecule has 0 fully saturated rings. The van der Waals surface area contributed by atoms with Gasteiger partial charge in [-0.3, -0.25) is 0 Å². The van der Waals surface area contributed by atoms with Crippen molar-refractivity contribution in [2.45, 2.75) is 6.54 Å². The van der Waals surface area contributed by atoms with Crippen molar-refractivity contribution in [3.63, 3.8) is 0 Å². The first-order chi connectivity index (χ1) is 8.56. The summed E-state index contributed by atoms with van der Waals surface area (Å²) in [6.07, 6.45) is 0. The third-order valence-electron chi connectivity index (χ3n) is 2.42. The Kier molecular flexibility index (Phi) is 4.70. The van der Waals surface area contributed by atoms with E-state index in [0.29, 0.717) is 16.6 Å². The summed E-state index contributed by atoms with van der Waals surface area (Å²) in [6, 6.07) is 9.98. The molecular formula is C13H9Cl2FIN. The Balaban J connectivity index is 2.11. The molecule has 0 saturated carbocycles. The molecule has 5 heteroatoms. The zero-order valence-corrected chi connectivity index (χ0v) is 12.9. The van der Waals surface area contributed by atoms with E-state index in [4.69, 9.17) is 23.2 Å². The second-order valence-corrected chi connectivity index (χ2v) is 5.72. The maximum Gasteiger partial charge on any atom is 0.124 e. The molecular weight excluding hydrogens is 387 g/mol. The van der Waals surface area contributed by atoms with E-state index < -0.39 is 0 Å². The van der Waals surface area contributed by atoms with Crippen LogP contribution in [0, 0.1) is 9.39 Å². The molecule has 0 bridgehead atoms. The lowest BCUT2D eigenvalue weighted by atomic mass is 10.2. The van der Waals surface area contributed by atoms with Gasteiger partial charge in [0.2, 0.25) is 0 Å². The van der Waals surface area contributed by atoms with Gasteiger partial charge in [-0.2, -0.15) is 0 Å². The second-order valence-electron chi connectivity index (χ2n) is 3.71. The molecule has 2 aromatic carbocycles. The lowest BCUT2D eigenvalue weighted by Crippen LogP contribution is -2.01. The van der Waals surface area contributed by atoms with Crippen LogP contribution in [-0.4, -0.2) is 0 Å². The van der Waals surface area contributed by atoms with Crippen molar-refractivity contribution in [1.29, 1.82) is 0 Å². The van der Waals surface area contributed by atoms with Crippen LogP contribution >= 0.6 is 45.8 Å². The van der Waals surface area contributed by atoms with Crippen LogP contribution in [-0.2, 0) is 6.54 Å². The largest absolute Gasteiger partial charge is 0.380 e. The van der Waals surface area contributed by atoms with Crippen LogP contribution in [0.1, 0.15) is 5.56 Å². The van der Waals surface area contributed by atoms with E-state index >= 15 is 0 Å². The molecule has 94 valence electrons. The minimum Gasteiger partial charge on any atom is -0.380 e. The maximum absolute atomic E-state index is 12.9. The monoisotopic (exact) mass is 395 g/mol. The molecule has 0 aliphatic heterocycles. The molecule has 0 aliphatic rings. The molecule has 0 spiro atoms. The van der Waals surface area contributed by atoms with Gasteiger partial charge in [0.05, 0.1) is 0 Å². The molecule has 2 aromatic rings. The Hall–Kier alpha value is -0.520. The molecule has 0 amide bonds. The summed E-state index contributed by atoms with van der Waals surface area (Å²) >= 11 is 14.0. The fraction of sp³-hybridized carbons (Fsp3) is 0.0769.